The minimum Gasteiger partial charge on any atom is -0.481 e. The molecule has 22 heavy (non-hydrogen) atoms. The van der Waals surface area contributed by atoms with E-state index >= 15 is 0 Å². The number of Topliss-reactive ketones (excluding diaryl/α,β-unsaturated/α-hetero) is 1. The van der Waals surface area contributed by atoms with Crippen molar-refractivity contribution >= 4 is 23.2 Å². The Bertz CT molecular complexity index is 517. The summed E-state index contributed by atoms with van der Waals surface area (Å²) in [5.74, 6) is -0.451. The van der Waals surface area contributed by atoms with Crippen LogP contribution in [0, 0.1) is 5.92 Å². The molecule has 0 amide bonds. The highest BCUT2D eigenvalue weighted by molar-refractivity contribution is 6.18. The Labute approximate surface area is 133 Å². The summed E-state index contributed by atoms with van der Waals surface area (Å²) in [6.07, 6.45) is 3.11. The second-order valence-electron chi connectivity index (χ2n) is 4.45. The van der Waals surface area contributed by atoms with E-state index < -0.39 is 5.97 Å². The lowest BCUT2D eigenvalue weighted by Gasteiger charge is -2.17. The number of ketones is 1. The fraction of sp³-hybridized carbons (Fsp3) is 0.500. The molecule has 0 bridgehead atoms. The van der Waals surface area contributed by atoms with Gasteiger partial charge in [0.2, 0.25) is 0 Å². The molecule has 0 radical (unpaired) electrons. The van der Waals surface area contributed by atoms with E-state index in [9.17, 15) is 4.79 Å². The summed E-state index contributed by atoms with van der Waals surface area (Å²) in [7, 11) is 0. The second-order valence-corrected chi connectivity index (χ2v) is 4.45. The lowest BCUT2D eigenvalue weighted by Crippen LogP contribution is -2.22. The molecule has 1 atom stereocenters. The molecule has 3 rings (SSSR count). The zero-order valence-corrected chi connectivity index (χ0v) is 14.2. The number of aliphatic carboxylic acids is 1. The monoisotopic (exact) mass is 305 g/mol. The Morgan fingerprint density at radius 1 is 1.18 bits per heavy atom. The summed E-state index contributed by atoms with van der Waals surface area (Å²) in [5, 5.41) is 7.42. The van der Waals surface area contributed by atoms with Crippen LogP contribution in [-0.4, -0.2) is 22.6 Å². The van der Waals surface area contributed by atoms with Crippen LogP contribution in [0.2, 0.25) is 0 Å². The Morgan fingerprint density at radius 3 is 2.32 bits per heavy atom. The van der Waals surface area contributed by atoms with Crippen LogP contribution in [0.15, 0.2) is 29.3 Å². The van der Waals surface area contributed by atoms with Gasteiger partial charge in [0.05, 0.1) is 11.6 Å². The van der Waals surface area contributed by atoms with Gasteiger partial charge in [-0.15, -0.1) is 0 Å². The minimum absolute atomic E-state index is 0.102. The molecule has 0 saturated heterocycles. The number of hydrogen-bond acceptors (Lipinski definition) is 3. The molecule has 4 heteroatoms. The van der Waals surface area contributed by atoms with E-state index in [1.165, 1.54) is 0 Å². The van der Waals surface area contributed by atoms with E-state index in [0.29, 0.717) is 0 Å². The number of carbonyl (C=O) groups excluding carboxylic acids is 1. The molecule has 0 spiro atoms. The summed E-state index contributed by atoms with van der Waals surface area (Å²) in [6, 6.07) is 7.66. The van der Waals surface area contributed by atoms with Crippen LogP contribution in [0.4, 0.5) is 5.69 Å². The molecule has 1 unspecified atom stereocenters. The fourth-order valence-corrected chi connectivity index (χ4v) is 2.37. The fourth-order valence-electron chi connectivity index (χ4n) is 2.37. The lowest BCUT2D eigenvalue weighted by molar-refractivity contribution is -0.134. The zero-order valence-electron chi connectivity index (χ0n) is 14.2. The van der Waals surface area contributed by atoms with Crippen LogP contribution < -0.4 is 0 Å². The van der Waals surface area contributed by atoms with Crippen LogP contribution in [0.1, 0.15) is 64.2 Å². The molecule has 1 saturated carbocycles. The topological polar surface area (TPSA) is 66.7 Å². The van der Waals surface area contributed by atoms with Crippen molar-refractivity contribution in [1.29, 1.82) is 0 Å². The SMILES string of the molecule is CC.CC.CC(=O)O.O=C1c2ccccc2N=C2CCCC12. The molecule has 1 heterocycles. The Balaban J connectivity index is 0.000000476. The zero-order chi connectivity index (χ0) is 17.1. The number of aliphatic imine (C=N–C) groups is 1. The number of para-hydroxylation sites is 1. The number of carboxylic acids is 1. The van der Waals surface area contributed by atoms with Gasteiger partial charge in [-0.3, -0.25) is 14.6 Å². The van der Waals surface area contributed by atoms with Crippen molar-refractivity contribution < 1.29 is 14.7 Å². The van der Waals surface area contributed by atoms with Crippen molar-refractivity contribution in [2.45, 2.75) is 53.9 Å². The third-order valence-corrected chi connectivity index (χ3v) is 3.08. The molecule has 1 aliphatic carbocycles. The first kappa shape index (κ1) is 20.0. The maximum atomic E-state index is 12.0. The predicted molar refractivity (Wildman–Crippen MR) is 91.2 cm³/mol. The number of rotatable bonds is 0. The highest BCUT2D eigenvalue weighted by atomic mass is 16.4. The second kappa shape index (κ2) is 10.7. The molecule has 1 aromatic carbocycles. The van der Waals surface area contributed by atoms with Crippen molar-refractivity contribution in [3.63, 3.8) is 0 Å². The normalized spacial score (nSPS) is 17.0. The van der Waals surface area contributed by atoms with E-state index in [2.05, 4.69) is 4.99 Å². The van der Waals surface area contributed by atoms with Gasteiger partial charge in [-0.2, -0.15) is 0 Å². The Hall–Kier alpha value is -1.97. The van der Waals surface area contributed by atoms with Crippen LogP contribution in [0.3, 0.4) is 0 Å². The van der Waals surface area contributed by atoms with Gasteiger partial charge in [0, 0.05) is 18.2 Å². The van der Waals surface area contributed by atoms with Gasteiger partial charge in [-0.25, -0.2) is 0 Å². The van der Waals surface area contributed by atoms with Crippen molar-refractivity contribution in [1.82, 2.24) is 0 Å². The van der Waals surface area contributed by atoms with Crippen LogP contribution in [0.25, 0.3) is 0 Å². The summed E-state index contributed by atoms with van der Waals surface area (Å²) in [4.78, 5) is 25.6. The molecule has 122 valence electrons. The molecule has 1 aliphatic heterocycles. The van der Waals surface area contributed by atoms with Crippen LogP contribution in [0.5, 0.6) is 0 Å². The first-order valence-corrected chi connectivity index (χ1v) is 8.00. The lowest BCUT2D eigenvalue weighted by atomic mass is 9.91. The number of fused-ring (bicyclic) bond motifs is 2. The number of benzene rings is 1. The summed E-state index contributed by atoms with van der Waals surface area (Å²) >= 11 is 0. The van der Waals surface area contributed by atoms with Crippen molar-refractivity contribution in [2.24, 2.45) is 10.9 Å². The molecular formula is C18H27NO3. The highest BCUT2D eigenvalue weighted by Gasteiger charge is 2.34. The summed E-state index contributed by atoms with van der Waals surface area (Å²) in [5.41, 5.74) is 2.78. The van der Waals surface area contributed by atoms with Gasteiger partial charge in [-0.1, -0.05) is 39.8 Å². The Morgan fingerprint density at radius 2 is 1.73 bits per heavy atom. The van der Waals surface area contributed by atoms with Crippen molar-refractivity contribution in [2.75, 3.05) is 0 Å². The molecule has 2 aliphatic rings. The predicted octanol–water partition coefficient (Wildman–Crippen LogP) is 4.90. The number of carbonyl (C=O) groups is 2. The van der Waals surface area contributed by atoms with Gasteiger partial charge in [-0.05, 0) is 31.4 Å². The molecule has 0 aromatic heterocycles. The first-order valence-electron chi connectivity index (χ1n) is 8.00. The van der Waals surface area contributed by atoms with Gasteiger partial charge in [0.15, 0.2) is 5.78 Å². The maximum Gasteiger partial charge on any atom is 0.300 e. The minimum atomic E-state index is -0.833. The standard InChI is InChI=1S/C12H11NO.C2H4O2.2C2H6/c14-12-8-4-1-2-6-10(8)13-11-7-3-5-9(11)12;1-2(3)4;2*1-2/h1-2,4,6,9H,3,5,7H2;1H3,(H,3,4);2*1-2H3. The van der Waals surface area contributed by atoms with E-state index in [1.54, 1.807) is 0 Å². The maximum absolute atomic E-state index is 12.0. The Kier molecular flexibility index (Phi) is 9.75. The average Bonchev–Trinajstić information content (AvgIpc) is 3.00. The number of nitrogens with zero attached hydrogens (tertiary/aromatic N) is 1. The van der Waals surface area contributed by atoms with Gasteiger partial charge < -0.3 is 5.11 Å². The van der Waals surface area contributed by atoms with Crippen molar-refractivity contribution in [3.8, 4) is 0 Å². The van der Waals surface area contributed by atoms with E-state index in [4.69, 9.17) is 9.90 Å². The largest absolute Gasteiger partial charge is 0.481 e. The van der Waals surface area contributed by atoms with Crippen LogP contribution in [-0.2, 0) is 4.79 Å². The summed E-state index contributed by atoms with van der Waals surface area (Å²) < 4.78 is 0. The number of hydrogen-bond donors (Lipinski definition) is 1. The van der Waals surface area contributed by atoms with Crippen molar-refractivity contribution in [3.05, 3.63) is 29.8 Å². The van der Waals surface area contributed by atoms with Crippen LogP contribution >= 0.6 is 0 Å². The number of carboxylic acid groups (broad SMARTS) is 1. The van der Waals surface area contributed by atoms with E-state index in [0.717, 1.165) is 43.1 Å². The van der Waals surface area contributed by atoms with E-state index in [1.807, 2.05) is 52.0 Å². The first-order chi connectivity index (χ1) is 10.6. The third kappa shape index (κ3) is 5.43. The van der Waals surface area contributed by atoms with Gasteiger partial charge in [0.25, 0.3) is 5.97 Å². The molecule has 1 fully saturated rings. The highest BCUT2D eigenvalue weighted by Crippen LogP contribution is 2.35. The third-order valence-electron chi connectivity index (χ3n) is 3.08. The summed E-state index contributed by atoms with van der Waals surface area (Å²) in [6.45, 7) is 9.08. The molecular weight excluding hydrogens is 278 g/mol. The smallest absolute Gasteiger partial charge is 0.300 e. The molecule has 4 nitrogen and oxygen atoms in total. The van der Waals surface area contributed by atoms with Gasteiger partial charge >= 0.3 is 0 Å². The molecule has 1 N–H and O–H groups in total. The average molecular weight is 305 g/mol. The van der Waals surface area contributed by atoms with Gasteiger partial charge in [0.1, 0.15) is 0 Å². The molecule has 1 aromatic rings. The quantitative estimate of drug-likeness (QED) is 0.741. The van der Waals surface area contributed by atoms with E-state index in [-0.39, 0.29) is 11.7 Å².